The summed E-state index contributed by atoms with van der Waals surface area (Å²) < 4.78 is 11.5. The van der Waals surface area contributed by atoms with Crippen LogP contribution in [-0.4, -0.2) is 44.0 Å². The van der Waals surface area contributed by atoms with E-state index < -0.39 is 0 Å². The lowest BCUT2D eigenvalue weighted by atomic mass is 9.90. The summed E-state index contributed by atoms with van der Waals surface area (Å²) in [6.07, 6.45) is 3.57. The lowest BCUT2D eigenvalue weighted by molar-refractivity contribution is -0.180. The summed E-state index contributed by atoms with van der Waals surface area (Å²) in [7, 11) is 0. The molecule has 3 rings (SSSR count). The van der Waals surface area contributed by atoms with Crippen LogP contribution in [0.25, 0.3) is 0 Å². The molecule has 1 N–H and O–H groups in total. The standard InChI is InChI=1S/C19H28N2O3/c1-3-21(17-7-5-4-6-15(17)2)14-18(22)20-16-8-10-19(11-9-16)23-12-13-24-19/h4-7,16H,3,8-14H2,1-2H3,(H,20,22). The molecule has 1 aromatic rings. The second-order valence-corrected chi connectivity index (χ2v) is 6.75. The van der Waals surface area contributed by atoms with Gasteiger partial charge in [-0.1, -0.05) is 18.2 Å². The van der Waals surface area contributed by atoms with E-state index in [4.69, 9.17) is 9.47 Å². The number of nitrogens with one attached hydrogen (secondary N) is 1. The molecule has 1 aliphatic carbocycles. The van der Waals surface area contributed by atoms with E-state index in [0.717, 1.165) is 37.9 Å². The van der Waals surface area contributed by atoms with Crippen LogP contribution >= 0.6 is 0 Å². The van der Waals surface area contributed by atoms with Gasteiger partial charge in [-0.05, 0) is 38.3 Å². The Morgan fingerprint density at radius 1 is 1.25 bits per heavy atom. The first-order valence-electron chi connectivity index (χ1n) is 9.00. The molecule has 1 amide bonds. The van der Waals surface area contributed by atoms with Crippen LogP contribution in [-0.2, 0) is 14.3 Å². The molecule has 0 atom stereocenters. The van der Waals surface area contributed by atoms with Crippen LogP contribution in [0.2, 0.25) is 0 Å². The third-order valence-corrected chi connectivity index (χ3v) is 5.10. The number of ether oxygens (including phenoxy) is 2. The van der Waals surface area contributed by atoms with Gasteiger partial charge in [0.1, 0.15) is 0 Å². The van der Waals surface area contributed by atoms with Crippen molar-refractivity contribution in [3.63, 3.8) is 0 Å². The number of anilines is 1. The number of carbonyl (C=O) groups is 1. The molecule has 1 saturated carbocycles. The second-order valence-electron chi connectivity index (χ2n) is 6.75. The largest absolute Gasteiger partial charge is 0.362 e. The Kier molecular flexibility index (Phi) is 5.41. The zero-order valence-electron chi connectivity index (χ0n) is 14.7. The summed E-state index contributed by atoms with van der Waals surface area (Å²) in [5, 5.41) is 3.19. The van der Waals surface area contributed by atoms with Crippen molar-refractivity contribution < 1.29 is 14.3 Å². The van der Waals surface area contributed by atoms with E-state index in [2.05, 4.69) is 36.2 Å². The number of hydrogen-bond acceptors (Lipinski definition) is 4. The quantitative estimate of drug-likeness (QED) is 0.900. The van der Waals surface area contributed by atoms with Crippen molar-refractivity contribution in [2.75, 3.05) is 31.2 Å². The number of benzene rings is 1. The van der Waals surface area contributed by atoms with Crippen LogP contribution in [0.5, 0.6) is 0 Å². The van der Waals surface area contributed by atoms with Crippen molar-refractivity contribution >= 4 is 11.6 Å². The zero-order valence-corrected chi connectivity index (χ0v) is 14.7. The monoisotopic (exact) mass is 332 g/mol. The number of likely N-dealkylation sites (N-methyl/N-ethyl adjacent to an activating group) is 1. The van der Waals surface area contributed by atoms with Crippen LogP contribution in [0, 0.1) is 6.92 Å². The molecule has 1 aliphatic heterocycles. The number of amides is 1. The summed E-state index contributed by atoms with van der Waals surface area (Å²) in [4.78, 5) is 14.6. The normalized spacial score (nSPS) is 20.2. The second kappa shape index (κ2) is 7.53. The maximum atomic E-state index is 12.5. The Morgan fingerprint density at radius 3 is 2.54 bits per heavy atom. The van der Waals surface area contributed by atoms with Gasteiger partial charge in [-0.15, -0.1) is 0 Å². The zero-order chi connectivity index (χ0) is 17.0. The fraction of sp³-hybridized carbons (Fsp3) is 0.632. The third kappa shape index (κ3) is 3.90. The maximum absolute atomic E-state index is 12.5. The predicted octanol–water partition coefficient (Wildman–Crippen LogP) is 2.62. The summed E-state index contributed by atoms with van der Waals surface area (Å²) in [6, 6.07) is 8.43. The number of nitrogens with zero attached hydrogens (tertiary/aromatic N) is 1. The van der Waals surface area contributed by atoms with Crippen molar-refractivity contribution in [1.82, 2.24) is 5.32 Å². The summed E-state index contributed by atoms with van der Waals surface area (Å²) in [5.74, 6) is -0.271. The van der Waals surface area contributed by atoms with Crippen molar-refractivity contribution in [2.24, 2.45) is 0 Å². The van der Waals surface area contributed by atoms with Gasteiger partial charge in [0.05, 0.1) is 19.8 Å². The SMILES string of the molecule is CCN(CC(=O)NC1CCC2(CC1)OCCO2)c1ccccc1C. The molecule has 1 heterocycles. The smallest absolute Gasteiger partial charge is 0.239 e. The Labute approximate surface area is 144 Å². The fourth-order valence-electron chi connectivity index (χ4n) is 3.72. The molecule has 5 heteroatoms. The van der Waals surface area contributed by atoms with E-state index in [9.17, 15) is 4.79 Å². The first-order chi connectivity index (χ1) is 11.6. The highest BCUT2D eigenvalue weighted by molar-refractivity contribution is 5.82. The highest BCUT2D eigenvalue weighted by Crippen LogP contribution is 2.35. The molecule has 1 spiro atoms. The van der Waals surface area contributed by atoms with Gasteiger partial charge < -0.3 is 19.7 Å². The van der Waals surface area contributed by atoms with Crippen LogP contribution in [0.4, 0.5) is 5.69 Å². The molecular formula is C19H28N2O3. The summed E-state index contributed by atoms with van der Waals surface area (Å²) >= 11 is 0. The third-order valence-electron chi connectivity index (χ3n) is 5.10. The lowest BCUT2D eigenvalue weighted by Crippen LogP contribution is -2.47. The summed E-state index contributed by atoms with van der Waals surface area (Å²) in [6.45, 7) is 6.76. The van der Waals surface area contributed by atoms with E-state index in [1.165, 1.54) is 5.56 Å². The Hall–Kier alpha value is -1.59. The van der Waals surface area contributed by atoms with Crippen molar-refractivity contribution in [1.29, 1.82) is 0 Å². The molecule has 24 heavy (non-hydrogen) atoms. The molecule has 2 fully saturated rings. The van der Waals surface area contributed by atoms with Crippen molar-refractivity contribution in [3.8, 4) is 0 Å². The Morgan fingerprint density at radius 2 is 1.92 bits per heavy atom. The number of rotatable bonds is 5. The van der Waals surface area contributed by atoms with E-state index in [-0.39, 0.29) is 17.7 Å². The highest BCUT2D eigenvalue weighted by Gasteiger charge is 2.40. The highest BCUT2D eigenvalue weighted by atomic mass is 16.7. The molecule has 0 aromatic heterocycles. The van der Waals surface area contributed by atoms with Crippen LogP contribution < -0.4 is 10.2 Å². The minimum atomic E-state index is -0.363. The number of hydrogen-bond donors (Lipinski definition) is 1. The molecule has 0 radical (unpaired) electrons. The molecule has 5 nitrogen and oxygen atoms in total. The topological polar surface area (TPSA) is 50.8 Å². The fourth-order valence-corrected chi connectivity index (χ4v) is 3.72. The van der Waals surface area contributed by atoms with Gasteiger partial charge in [-0.25, -0.2) is 0 Å². The van der Waals surface area contributed by atoms with Crippen LogP contribution in [0.1, 0.15) is 38.2 Å². The number of carbonyl (C=O) groups excluding carboxylic acids is 1. The molecule has 1 aromatic carbocycles. The molecule has 1 saturated heterocycles. The first kappa shape index (κ1) is 17.2. The first-order valence-corrected chi connectivity index (χ1v) is 9.00. The summed E-state index contributed by atoms with van der Waals surface area (Å²) in [5.41, 5.74) is 2.33. The predicted molar refractivity (Wildman–Crippen MR) is 94.1 cm³/mol. The molecule has 0 unspecified atom stereocenters. The number of para-hydroxylation sites is 1. The van der Waals surface area contributed by atoms with Gasteiger partial charge in [-0.3, -0.25) is 4.79 Å². The van der Waals surface area contributed by atoms with E-state index in [1.54, 1.807) is 0 Å². The van der Waals surface area contributed by atoms with Gasteiger partial charge in [0.2, 0.25) is 5.91 Å². The average molecular weight is 332 g/mol. The molecule has 2 aliphatic rings. The molecular weight excluding hydrogens is 304 g/mol. The molecule has 132 valence electrons. The van der Waals surface area contributed by atoms with Crippen LogP contribution in [0.3, 0.4) is 0 Å². The Bertz CT molecular complexity index is 559. The van der Waals surface area contributed by atoms with Crippen molar-refractivity contribution in [2.45, 2.75) is 51.4 Å². The minimum absolute atomic E-state index is 0.0920. The van der Waals surface area contributed by atoms with Gasteiger partial charge >= 0.3 is 0 Å². The van der Waals surface area contributed by atoms with Gasteiger partial charge in [0.15, 0.2) is 5.79 Å². The van der Waals surface area contributed by atoms with Gasteiger partial charge in [0, 0.05) is 31.1 Å². The van der Waals surface area contributed by atoms with Crippen molar-refractivity contribution in [3.05, 3.63) is 29.8 Å². The van der Waals surface area contributed by atoms with Gasteiger partial charge in [-0.2, -0.15) is 0 Å². The number of aryl methyl sites for hydroxylation is 1. The molecule has 0 bridgehead atoms. The lowest BCUT2D eigenvalue weighted by Gasteiger charge is -2.36. The van der Waals surface area contributed by atoms with E-state index in [1.807, 2.05) is 12.1 Å². The maximum Gasteiger partial charge on any atom is 0.239 e. The Balaban J connectivity index is 1.51. The van der Waals surface area contributed by atoms with Crippen LogP contribution in [0.15, 0.2) is 24.3 Å². The van der Waals surface area contributed by atoms with E-state index >= 15 is 0 Å². The van der Waals surface area contributed by atoms with E-state index in [0.29, 0.717) is 19.8 Å². The van der Waals surface area contributed by atoms with Gasteiger partial charge in [0.25, 0.3) is 0 Å². The average Bonchev–Trinajstić information content (AvgIpc) is 3.04. The minimum Gasteiger partial charge on any atom is -0.362 e.